The van der Waals surface area contributed by atoms with Crippen LogP contribution in [0.2, 0.25) is 5.02 Å². The molecule has 1 aliphatic heterocycles. The predicted octanol–water partition coefficient (Wildman–Crippen LogP) is 5.53. The van der Waals surface area contributed by atoms with Gasteiger partial charge in [0.1, 0.15) is 12.1 Å². The van der Waals surface area contributed by atoms with Crippen LogP contribution in [-0.4, -0.2) is 84.8 Å². The van der Waals surface area contributed by atoms with E-state index in [0.717, 1.165) is 72.2 Å². The van der Waals surface area contributed by atoms with Gasteiger partial charge in [-0.2, -0.15) is 0 Å². The molecule has 1 saturated carbocycles. The van der Waals surface area contributed by atoms with Gasteiger partial charge in [0.05, 0.1) is 30.3 Å². The maximum atomic E-state index is 15.0. The predicted molar refractivity (Wildman–Crippen MR) is 191 cm³/mol. The largest absolute Gasteiger partial charge is 0.446 e. The molecule has 7 rings (SSSR count). The minimum absolute atomic E-state index is 0.131. The van der Waals surface area contributed by atoms with Gasteiger partial charge in [-0.1, -0.05) is 30.2 Å². The molecule has 2 atom stereocenters. The summed E-state index contributed by atoms with van der Waals surface area (Å²) in [5.74, 6) is -0.151. The topological polar surface area (TPSA) is 108 Å². The second-order valence-corrected chi connectivity index (χ2v) is 14.5. The number of amides is 2. The van der Waals surface area contributed by atoms with Crippen molar-refractivity contribution in [1.82, 2.24) is 29.2 Å². The highest BCUT2D eigenvalue weighted by Gasteiger charge is 2.43. The average Bonchev–Trinajstić information content (AvgIpc) is 3.48. The molecule has 1 aromatic carbocycles. The summed E-state index contributed by atoms with van der Waals surface area (Å²) < 4.78 is 9.15. The highest BCUT2D eigenvalue weighted by Crippen LogP contribution is 2.38. The Hall–Kier alpha value is -4.48. The molecule has 11 nitrogen and oxygen atoms in total. The molecular weight excluding hydrogens is 666 g/mol. The number of aryl methyl sites for hydroxylation is 4. The minimum Gasteiger partial charge on any atom is -0.446 e. The monoisotopic (exact) mass is 712 g/mol. The molecule has 2 aliphatic carbocycles. The number of hydrogen-bond acceptors (Lipinski definition) is 7. The zero-order chi connectivity index (χ0) is 35.3. The van der Waals surface area contributed by atoms with Crippen LogP contribution in [0.3, 0.4) is 0 Å². The summed E-state index contributed by atoms with van der Waals surface area (Å²) in [6.07, 6.45) is 15.5. The van der Waals surface area contributed by atoms with Crippen LogP contribution >= 0.6 is 11.6 Å². The molecule has 12 heteroatoms. The summed E-state index contributed by atoms with van der Waals surface area (Å²) in [5, 5.41) is 10.9. The fourth-order valence-electron chi connectivity index (χ4n) is 7.95. The normalized spacial score (nSPS) is 19.5. The number of fused-ring (bicyclic) bond motifs is 2. The van der Waals surface area contributed by atoms with Crippen molar-refractivity contribution < 1.29 is 24.3 Å². The Labute approximate surface area is 304 Å². The summed E-state index contributed by atoms with van der Waals surface area (Å²) in [7, 11) is 0. The maximum Gasteiger partial charge on any atom is 0.410 e. The molecule has 0 unspecified atom stereocenters. The number of hydrogen-bond donors (Lipinski definition) is 1. The molecule has 0 radical (unpaired) electrons. The number of imidazole rings is 1. The van der Waals surface area contributed by atoms with Gasteiger partial charge in [-0.05, 0) is 92.8 Å². The third kappa shape index (κ3) is 8.20. The van der Waals surface area contributed by atoms with Crippen molar-refractivity contribution in [2.75, 3.05) is 26.2 Å². The summed E-state index contributed by atoms with van der Waals surface area (Å²) in [6, 6.07) is 12.8. The maximum absolute atomic E-state index is 15.0. The van der Waals surface area contributed by atoms with E-state index in [2.05, 4.69) is 22.0 Å². The number of nitrogens with zero attached hydrogens (tertiary/aromatic N) is 7. The lowest BCUT2D eigenvalue weighted by Crippen LogP contribution is -2.62. The lowest BCUT2D eigenvalue weighted by Gasteiger charge is -2.45. The number of piperazine rings is 1. The smallest absolute Gasteiger partial charge is 0.410 e. The Morgan fingerprint density at radius 3 is 2.71 bits per heavy atom. The van der Waals surface area contributed by atoms with Crippen LogP contribution in [0.15, 0.2) is 73.6 Å². The van der Waals surface area contributed by atoms with E-state index in [1.54, 1.807) is 29.7 Å². The SMILES string of the molecule is Cc1cn(CCCN(Cc2ccc[n+](O)c2)C(=O)[C@H]2CN([C@H]3c4ccc(Cl)cc4CCc4cccnc43)CCN2C(=O)OC2CCCCC2)cn1. The van der Waals surface area contributed by atoms with Gasteiger partial charge < -0.3 is 14.2 Å². The van der Waals surface area contributed by atoms with Gasteiger partial charge in [0.2, 0.25) is 18.3 Å². The van der Waals surface area contributed by atoms with Gasteiger partial charge >= 0.3 is 6.09 Å². The first-order valence-corrected chi connectivity index (χ1v) is 18.6. The van der Waals surface area contributed by atoms with Crippen molar-refractivity contribution in [1.29, 1.82) is 0 Å². The highest BCUT2D eigenvalue weighted by atomic mass is 35.5. The fourth-order valence-corrected chi connectivity index (χ4v) is 8.15. The molecular formula is C39H47ClN7O4+. The zero-order valence-corrected chi connectivity index (χ0v) is 30.0. The van der Waals surface area contributed by atoms with Crippen LogP contribution < -0.4 is 4.73 Å². The molecule has 1 saturated heterocycles. The molecule has 2 fully saturated rings. The molecule has 0 bridgehead atoms. The molecule has 4 aromatic rings. The van der Waals surface area contributed by atoms with Gasteiger partial charge in [0, 0.05) is 66.5 Å². The van der Waals surface area contributed by atoms with E-state index in [0.29, 0.717) is 44.2 Å². The van der Waals surface area contributed by atoms with Crippen LogP contribution in [0.1, 0.15) is 78.2 Å². The molecule has 2 amide bonds. The third-order valence-electron chi connectivity index (χ3n) is 10.5. The van der Waals surface area contributed by atoms with Gasteiger partial charge in [0.25, 0.3) is 0 Å². The van der Waals surface area contributed by atoms with Crippen molar-refractivity contribution in [3.8, 4) is 0 Å². The van der Waals surface area contributed by atoms with Gasteiger partial charge in [-0.25, -0.2) is 9.78 Å². The summed E-state index contributed by atoms with van der Waals surface area (Å²) in [6.45, 7) is 4.58. The molecule has 3 aromatic heterocycles. The van der Waals surface area contributed by atoms with Crippen LogP contribution in [0.25, 0.3) is 0 Å². The number of carbonyl (C=O) groups is 2. The minimum atomic E-state index is -0.790. The number of halogens is 1. The Morgan fingerprint density at radius 1 is 1.06 bits per heavy atom. The second-order valence-electron chi connectivity index (χ2n) is 14.1. The Morgan fingerprint density at radius 2 is 1.90 bits per heavy atom. The number of aromatic nitrogens is 4. The Bertz CT molecular complexity index is 1840. The van der Waals surface area contributed by atoms with E-state index in [-0.39, 0.29) is 24.6 Å². The van der Waals surface area contributed by atoms with Gasteiger partial charge in [-0.15, -0.1) is 0 Å². The molecule has 268 valence electrons. The van der Waals surface area contributed by atoms with E-state index in [9.17, 15) is 10.0 Å². The first-order valence-electron chi connectivity index (χ1n) is 18.2. The van der Waals surface area contributed by atoms with Crippen LogP contribution in [-0.2, 0) is 35.5 Å². The van der Waals surface area contributed by atoms with Crippen LogP contribution in [0, 0.1) is 6.92 Å². The second kappa shape index (κ2) is 15.8. The molecule has 51 heavy (non-hydrogen) atoms. The Kier molecular flexibility index (Phi) is 10.8. The lowest BCUT2D eigenvalue weighted by atomic mass is 9.95. The van der Waals surface area contributed by atoms with Crippen molar-refractivity contribution in [2.45, 2.75) is 89.6 Å². The van der Waals surface area contributed by atoms with Crippen LogP contribution in [0.5, 0.6) is 0 Å². The third-order valence-corrected chi connectivity index (χ3v) is 10.7. The van der Waals surface area contributed by atoms with E-state index >= 15 is 4.79 Å². The number of rotatable bonds is 9. The van der Waals surface area contributed by atoms with E-state index in [1.807, 2.05) is 53.0 Å². The van der Waals surface area contributed by atoms with E-state index in [4.69, 9.17) is 21.3 Å². The van der Waals surface area contributed by atoms with Crippen LogP contribution in [0.4, 0.5) is 4.79 Å². The summed E-state index contributed by atoms with van der Waals surface area (Å²) in [5.41, 5.74) is 6.17. The lowest BCUT2D eigenvalue weighted by molar-refractivity contribution is -0.905. The van der Waals surface area contributed by atoms with Crippen molar-refractivity contribution in [3.05, 3.63) is 112 Å². The van der Waals surface area contributed by atoms with Crippen molar-refractivity contribution in [2.24, 2.45) is 0 Å². The first-order chi connectivity index (χ1) is 24.8. The average molecular weight is 713 g/mol. The molecule has 0 spiro atoms. The van der Waals surface area contributed by atoms with E-state index in [1.165, 1.54) is 11.1 Å². The Balaban J connectivity index is 1.22. The van der Waals surface area contributed by atoms with Gasteiger partial charge in [-0.3, -0.25) is 24.8 Å². The summed E-state index contributed by atoms with van der Waals surface area (Å²) >= 11 is 6.51. The van der Waals surface area contributed by atoms with Gasteiger partial charge in [0.15, 0.2) is 0 Å². The van der Waals surface area contributed by atoms with Crippen molar-refractivity contribution >= 4 is 23.6 Å². The van der Waals surface area contributed by atoms with Crippen molar-refractivity contribution in [3.63, 3.8) is 0 Å². The highest BCUT2D eigenvalue weighted by molar-refractivity contribution is 6.30. The summed E-state index contributed by atoms with van der Waals surface area (Å²) in [4.78, 5) is 44.1. The number of ether oxygens (including phenoxy) is 1. The van der Waals surface area contributed by atoms with E-state index < -0.39 is 12.1 Å². The standard InChI is InChI=1S/C39H47ClN7O4/c1-28-23-43(27-42-28)17-7-18-45(24-29-8-6-19-46(50)25-29)38(48)35-26-44(20-21-47(35)39(49)51-33-10-3-2-4-11-33)37-34-15-14-32(40)22-31(34)13-12-30-9-5-16-41-36(30)37/h5-6,8-9,14-16,19,22-23,25,27,33,35,37,50H,2-4,7,10-13,17-18,20-21,24,26H2,1H3/q+1/t35-,37+/m1/s1. The number of carbonyl (C=O) groups excluding carboxylic acids is 2. The number of pyridine rings is 2. The molecule has 3 aliphatic rings. The zero-order valence-electron chi connectivity index (χ0n) is 29.2. The quantitative estimate of drug-likeness (QED) is 0.180. The molecule has 4 heterocycles. The number of benzene rings is 1. The first kappa shape index (κ1) is 34.9. The fraction of sp³-hybridized carbons (Fsp3) is 0.462. The molecule has 1 N–H and O–H groups in total.